The van der Waals surface area contributed by atoms with Crippen molar-refractivity contribution < 1.29 is 9.53 Å². The number of aromatic nitrogens is 2. The van der Waals surface area contributed by atoms with E-state index in [-0.39, 0.29) is 5.41 Å². The first-order valence-corrected chi connectivity index (χ1v) is 13.7. The highest BCUT2D eigenvalue weighted by Gasteiger charge is 2.42. The second kappa shape index (κ2) is 11.0. The molecular formula is C30H40N4O2. The van der Waals surface area contributed by atoms with Crippen LogP contribution >= 0.6 is 0 Å². The Morgan fingerprint density at radius 3 is 2.58 bits per heavy atom. The zero-order valence-corrected chi connectivity index (χ0v) is 21.9. The molecule has 0 bridgehead atoms. The van der Waals surface area contributed by atoms with Gasteiger partial charge in [0.25, 0.3) is 0 Å². The minimum absolute atomic E-state index is 0.256. The fourth-order valence-corrected chi connectivity index (χ4v) is 6.06. The van der Waals surface area contributed by atoms with Crippen LogP contribution in [-0.2, 0) is 24.3 Å². The fourth-order valence-electron chi connectivity index (χ4n) is 6.06. The Bertz CT molecular complexity index is 1180. The Morgan fingerprint density at radius 2 is 1.75 bits per heavy atom. The standard InChI is InChI=1S/C30H40N4O2/c1-3-18-34-26-13-6-5-12-25(26)31-28(34)23-33-19-16-30(17-20-33)15-9-8-11-24-10-4-7-14-27(24)36-22-21-32(2)29(30)35/h4-7,10,12-14H,3,8-9,11,15-23H2,1-2H3. The monoisotopic (exact) mass is 488 g/mol. The normalized spacial score (nSPS) is 19.5. The number of piperidine rings is 1. The van der Waals surface area contributed by atoms with E-state index in [9.17, 15) is 4.79 Å². The lowest BCUT2D eigenvalue weighted by Crippen LogP contribution is -2.50. The van der Waals surface area contributed by atoms with Gasteiger partial charge in [0.05, 0.1) is 29.5 Å². The fraction of sp³-hybridized carbons (Fsp3) is 0.533. The van der Waals surface area contributed by atoms with Crippen LogP contribution in [0.4, 0.5) is 0 Å². The van der Waals surface area contributed by atoms with Gasteiger partial charge in [-0.1, -0.05) is 43.7 Å². The Kier molecular flexibility index (Phi) is 7.61. The predicted octanol–water partition coefficient (Wildman–Crippen LogP) is 5.29. The van der Waals surface area contributed by atoms with Crippen molar-refractivity contribution in [1.29, 1.82) is 0 Å². The molecule has 3 heterocycles. The summed E-state index contributed by atoms with van der Waals surface area (Å²) in [7, 11) is 1.95. The first kappa shape index (κ1) is 24.8. The van der Waals surface area contributed by atoms with Crippen LogP contribution in [0.3, 0.4) is 0 Å². The first-order valence-electron chi connectivity index (χ1n) is 13.7. The molecule has 0 aliphatic carbocycles. The van der Waals surface area contributed by atoms with Gasteiger partial charge in [-0.05, 0) is 75.4 Å². The molecule has 1 fully saturated rings. The molecule has 0 radical (unpaired) electrons. The lowest BCUT2D eigenvalue weighted by atomic mass is 9.73. The first-order chi connectivity index (χ1) is 17.6. The van der Waals surface area contributed by atoms with Crippen LogP contribution in [-0.4, -0.2) is 58.5 Å². The van der Waals surface area contributed by atoms with Crippen molar-refractivity contribution >= 4 is 16.9 Å². The van der Waals surface area contributed by atoms with Gasteiger partial charge in [0, 0.05) is 13.6 Å². The number of imidazole rings is 1. The van der Waals surface area contributed by atoms with Gasteiger partial charge in [0.1, 0.15) is 18.2 Å². The minimum Gasteiger partial charge on any atom is -0.491 e. The summed E-state index contributed by atoms with van der Waals surface area (Å²) in [6.45, 7) is 7.09. The second-order valence-electron chi connectivity index (χ2n) is 10.6. The van der Waals surface area contributed by atoms with E-state index in [1.807, 2.05) is 18.0 Å². The number of carbonyl (C=O) groups excluding carboxylic acids is 1. The van der Waals surface area contributed by atoms with Gasteiger partial charge in [-0.2, -0.15) is 0 Å². The average Bonchev–Trinajstić information content (AvgIpc) is 3.24. The van der Waals surface area contributed by atoms with Crippen molar-refractivity contribution in [2.45, 2.75) is 65.0 Å². The maximum absolute atomic E-state index is 13.7. The van der Waals surface area contributed by atoms with Crippen molar-refractivity contribution in [1.82, 2.24) is 19.4 Å². The highest BCUT2D eigenvalue weighted by molar-refractivity contribution is 5.82. The molecule has 192 valence electrons. The van der Waals surface area contributed by atoms with E-state index in [4.69, 9.17) is 9.72 Å². The number of likely N-dealkylation sites (N-methyl/N-ethyl adjacent to an activating group) is 1. The summed E-state index contributed by atoms with van der Waals surface area (Å²) in [5.74, 6) is 2.42. The van der Waals surface area contributed by atoms with Crippen molar-refractivity contribution in [2.75, 3.05) is 33.3 Å². The number of hydrogen-bond acceptors (Lipinski definition) is 4. The molecule has 1 amide bonds. The molecule has 1 spiro atoms. The number of carbonyl (C=O) groups is 1. The van der Waals surface area contributed by atoms with Crippen molar-refractivity contribution in [3.8, 4) is 5.75 Å². The molecule has 0 N–H and O–H groups in total. The Morgan fingerprint density at radius 1 is 0.972 bits per heavy atom. The predicted molar refractivity (Wildman–Crippen MR) is 144 cm³/mol. The van der Waals surface area contributed by atoms with E-state index in [1.165, 1.54) is 11.1 Å². The molecule has 6 heteroatoms. The largest absolute Gasteiger partial charge is 0.491 e. The third kappa shape index (κ3) is 5.15. The SMILES string of the molecule is CCCn1c(CN2CCC3(CCCCc4ccccc4OCCN(C)C3=O)CC2)nc2ccccc21. The van der Waals surface area contributed by atoms with E-state index in [0.29, 0.717) is 19.1 Å². The molecule has 2 aliphatic rings. The van der Waals surface area contributed by atoms with Crippen LogP contribution in [0, 0.1) is 5.41 Å². The lowest BCUT2D eigenvalue weighted by Gasteiger charge is -2.43. The lowest BCUT2D eigenvalue weighted by molar-refractivity contribution is -0.145. The van der Waals surface area contributed by atoms with E-state index >= 15 is 0 Å². The molecule has 36 heavy (non-hydrogen) atoms. The summed E-state index contributed by atoms with van der Waals surface area (Å²) in [5.41, 5.74) is 3.33. The molecule has 2 aliphatic heterocycles. The minimum atomic E-state index is -0.256. The van der Waals surface area contributed by atoms with Gasteiger partial charge < -0.3 is 14.2 Å². The topological polar surface area (TPSA) is 50.6 Å². The zero-order valence-electron chi connectivity index (χ0n) is 21.9. The highest BCUT2D eigenvalue weighted by Crippen LogP contribution is 2.39. The third-order valence-electron chi connectivity index (χ3n) is 8.17. The number of rotatable bonds is 4. The Hall–Kier alpha value is -2.86. The number of fused-ring (bicyclic) bond motifs is 2. The van der Waals surface area contributed by atoms with E-state index in [2.05, 4.69) is 58.9 Å². The number of ether oxygens (including phenoxy) is 1. The van der Waals surface area contributed by atoms with Crippen LogP contribution in [0.25, 0.3) is 11.0 Å². The van der Waals surface area contributed by atoms with Gasteiger partial charge in [-0.15, -0.1) is 0 Å². The number of amides is 1. The van der Waals surface area contributed by atoms with E-state index in [1.54, 1.807) is 0 Å². The van der Waals surface area contributed by atoms with Gasteiger partial charge in [0.2, 0.25) is 5.91 Å². The summed E-state index contributed by atoms with van der Waals surface area (Å²) in [5, 5.41) is 0. The number of nitrogens with zero attached hydrogens (tertiary/aromatic N) is 4. The number of benzene rings is 2. The number of hydrogen-bond donors (Lipinski definition) is 0. The summed E-state index contributed by atoms with van der Waals surface area (Å²) < 4.78 is 8.46. The summed E-state index contributed by atoms with van der Waals surface area (Å²) >= 11 is 0. The Labute approximate surface area is 215 Å². The van der Waals surface area contributed by atoms with Crippen LogP contribution in [0.1, 0.15) is 56.8 Å². The van der Waals surface area contributed by atoms with Crippen LogP contribution < -0.4 is 4.74 Å². The highest BCUT2D eigenvalue weighted by atomic mass is 16.5. The zero-order chi connectivity index (χ0) is 25.0. The molecule has 0 unspecified atom stereocenters. The molecular weight excluding hydrogens is 448 g/mol. The third-order valence-corrected chi connectivity index (χ3v) is 8.17. The van der Waals surface area contributed by atoms with Crippen molar-refractivity contribution in [3.63, 3.8) is 0 Å². The molecule has 1 aromatic heterocycles. The van der Waals surface area contributed by atoms with Gasteiger partial charge >= 0.3 is 0 Å². The summed E-state index contributed by atoms with van der Waals surface area (Å²) in [4.78, 5) is 23.1. The molecule has 6 nitrogen and oxygen atoms in total. The number of aryl methyl sites for hydroxylation is 2. The molecule has 2 aromatic carbocycles. The molecule has 5 rings (SSSR count). The van der Waals surface area contributed by atoms with Crippen molar-refractivity contribution in [2.24, 2.45) is 5.41 Å². The van der Waals surface area contributed by atoms with E-state index < -0.39 is 0 Å². The molecule has 1 saturated heterocycles. The van der Waals surface area contributed by atoms with Crippen molar-refractivity contribution in [3.05, 3.63) is 59.9 Å². The maximum Gasteiger partial charge on any atom is 0.228 e. The summed E-state index contributed by atoms with van der Waals surface area (Å²) in [6, 6.07) is 16.8. The maximum atomic E-state index is 13.7. The van der Waals surface area contributed by atoms with Crippen LogP contribution in [0.2, 0.25) is 0 Å². The quantitative estimate of drug-likeness (QED) is 0.501. The molecule has 3 aromatic rings. The van der Waals surface area contributed by atoms with E-state index in [0.717, 1.165) is 88.2 Å². The van der Waals surface area contributed by atoms with Gasteiger partial charge in [-0.3, -0.25) is 9.69 Å². The summed E-state index contributed by atoms with van der Waals surface area (Å²) in [6.07, 6.45) is 7.07. The second-order valence-corrected chi connectivity index (χ2v) is 10.6. The molecule has 0 atom stereocenters. The van der Waals surface area contributed by atoms with Crippen LogP contribution in [0.15, 0.2) is 48.5 Å². The number of para-hydroxylation sites is 3. The number of likely N-dealkylation sites (tertiary alicyclic amines) is 1. The smallest absolute Gasteiger partial charge is 0.228 e. The van der Waals surface area contributed by atoms with Gasteiger partial charge in [0.15, 0.2) is 0 Å². The Balaban J connectivity index is 1.28. The van der Waals surface area contributed by atoms with Gasteiger partial charge in [-0.25, -0.2) is 4.98 Å². The average molecular weight is 489 g/mol. The van der Waals surface area contributed by atoms with Crippen LogP contribution in [0.5, 0.6) is 5.75 Å². The molecule has 0 saturated carbocycles.